The summed E-state index contributed by atoms with van der Waals surface area (Å²) >= 11 is 1.16. The number of carbonyl (C=O) groups is 2. The number of hydrogen-bond acceptors (Lipinski definition) is 8. The molecule has 1 unspecified atom stereocenters. The molecule has 2 fully saturated rings. The van der Waals surface area contributed by atoms with Gasteiger partial charge in [-0.15, -0.1) is 0 Å². The Labute approximate surface area is 236 Å². The van der Waals surface area contributed by atoms with E-state index in [1.807, 2.05) is 0 Å². The fourth-order valence-corrected chi connectivity index (χ4v) is 4.61. The molecule has 0 bridgehead atoms. The molecular formula is C27H26F4N4O5S. The van der Waals surface area contributed by atoms with Crippen molar-refractivity contribution in [1.82, 2.24) is 15.0 Å². The summed E-state index contributed by atoms with van der Waals surface area (Å²) in [6.45, 7) is -3.00. The Balaban J connectivity index is 1.40. The van der Waals surface area contributed by atoms with Crippen LogP contribution in [-0.4, -0.2) is 35.3 Å². The van der Waals surface area contributed by atoms with Gasteiger partial charge in [-0.3, -0.25) is 14.3 Å². The van der Waals surface area contributed by atoms with E-state index in [4.69, 9.17) is 14.9 Å². The van der Waals surface area contributed by atoms with Crippen LogP contribution in [0.4, 0.5) is 17.6 Å². The van der Waals surface area contributed by atoms with Crippen LogP contribution in [0.15, 0.2) is 40.8 Å². The molecule has 2 aromatic carbocycles. The third-order valence-corrected chi connectivity index (χ3v) is 7.46. The summed E-state index contributed by atoms with van der Waals surface area (Å²) in [5.74, 6) is -3.40. The average molecular weight is 595 g/mol. The number of aromatic nitrogens is 1. The van der Waals surface area contributed by atoms with Gasteiger partial charge in [0.15, 0.2) is 23.0 Å². The highest BCUT2D eigenvalue weighted by atomic mass is 32.2. The van der Waals surface area contributed by atoms with E-state index in [0.717, 1.165) is 49.8 Å². The Bertz CT molecular complexity index is 1430. The molecule has 14 heteroatoms. The first-order valence-corrected chi connectivity index (χ1v) is 13.7. The van der Waals surface area contributed by atoms with Gasteiger partial charge < -0.3 is 24.9 Å². The molecule has 41 heavy (non-hydrogen) atoms. The predicted molar refractivity (Wildman–Crippen MR) is 140 cm³/mol. The summed E-state index contributed by atoms with van der Waals surface area (Å²) < 4.78 is 72.6. The Hall–Kier alpha value is -3.78. The van der Waals surface area contributed by atoms with Gasteiger partial charge in [-0.25, -0.2) is 13.8 Å². The minimum atomic E-state index is -3.07. The largest absolute Gasteiger partial charge is 0.489 e. The first-order chi connectivity index (χ1) is 19.7. The monoisotopic (exact) mass is 594 g/mol. The SMILES string of the molecule is NCc1oc(-c2ccc(OC(F)F)c(OCC3CC3)c2)nc1C(=O)NC(C(=O)NSC1CC1)c1ccc(F)cc1F. The second kappa shape index (κ2) is 12.4. The van der Waals surface area contributed by atoms with Crippen LogP contribution >= 0.6 is 11.9 Å². The van der Waals surface area contributed by atoms with E-state index in [0.29, 0.717) is 18.6 Å². The van der Waals surface area contributed by atoms with Crippen molar-refractivity contribution in [3.05, 3.63) is 65.1 Å². The van der Waals surface area contributed by atoms with Gasteiger partial charge >= 0.3 is 6.61 Å². The van der Waals surface area contributed by atoms with Gasteiger partial charge in [0, 0.05) is 22.4 Å². The van der Waals surface area contributed by atoms with Crippen molar-refractivity contribution in [3.8, 4) is 23.0 Å². The van der Waals surface area contributed by atoms with E-state index in [2.05, 4.69) is 19.8 Å². The number of nitrogens with two attached hydrogens (primary N) is 1. The number of oxazole rings is 1. The molecule has 1 aromatic heterocycles. The van der Waals surface area contributed by atoms with Gasteiger partial charge in [-0.05, 0) is 67.8 Å². The zero-order chi connectivity index (χ0) is 29.1. The molecule has 1 heterocycles. The first-order valence-electron chi connectivity index (χ1n) is 12.8. The summed E-state index contributed by atoms with van der Waals surface area (Å²) in [7, 11) is 0. The summed E-state index contributed by atoms with van der Waals surface area (Å²) in [5, 5.41) is 2.67. The lowest BCUT2D eigenvalue weighted by molar-refractivity contribution is -0.121. The van der Waals surface area contributed by atoms with E-state index in [1.165, 1.54) is 18.2 Å². The molecular weight excluding hydrogens is 568 g/mol. The second-order valence-corrected chi connectivity index (χ2v) is 10.8. The highest BCUT2D eigenvalue weighted by Crippen LogP contribution is 2.37. The number of carbonyl (C=O) groups excluding carboxylic acids is 2. The van der Waals surface area contributed by atoms with Crippen LogP contribution in [0.5, 0.6) is 11.5 Å². The second-order valence-electron chi connectivity index (χ2n) is 9.65. The van der Waals surface area contributed by atoms with E-state index in [-0.39, 0.29) is 51.8 Å². The predicted octanol–water partition coefficient (Wildman–Crippen LogP) is 4.87. The number of amides is 2. The maximum atomic E-state index is 14.7. The fourth-order valence-electron chi connectivity index (χ4n) is 3.84. The third kappa shape index (κ3) is 7.30. The highest BCUT2D eigenvalue weighted by Gasteiger charge is 2.31. The van der Waals surface area contributed by atoms with E-state index >= 15 is 0 Å². The molecule has 0 aliphatic heterocycles. The molecule has 0 radical (unpaired) electrons. The van der Waals surface area contributed by atoms with Crippen molar-refractivity contribution in [3.63, 3.8) is 0 Å². The molecule has 2 saturated carbocycles. The first kappa shape index (κ1) is 28.7. The van der Waals surface area contributed by atoms with E-state index < -0.39 is 36.1 Å². The molecule has 0 saturated heterocycles. The molecule has 1 atom stereocenters. The molecule has 2 aliphatic carbocycles. The van der Waals surface area contributed by atoms with Crippen LogP contribution in [-0.2, 0) is 11.3 Å². The van der Waals surface area contributed by atoms with Gasteiger partial charge in [0.05, 0.1) is 13.2 Å². The zero-order valence-corrected chi connectivity index (χ0v) is 22.3. The normalized spacial score (nSPS) is 15.5. The van der Waals surface area contributed by atoms with Gasteiger partial charge in [-0.1, -0.05) is 6.07 Å². The molecule has 2 aliphatic rings. The third-order valence-electron chi connectivity index (χ3n) is 6.34. The number of rotatable bonds is 13. The van der Waals surface area contributed by atoms with Gasteiger partial charge in [-0.2, -0.15) is 8.78 Å². The lowest BCUT2D eigenvalue weighted by Gasteiger charge is -2.19. The maximum absolute atomic E-state index is 14.7. The van der Waals surface area contributed by atoms with Crippen molar-refractivity contribution in [2.75, 3.05) is 6.61 Å². The van der Waals surface area contributed by atoms with Crippen molar-refractivity contribution in [2.24, 2.45) is 11.7 Å². The lowest BCUT2D eigenvalue weighted by Crippen LogP contribution is -2.39. The summed E-state index contributed by atoms with van der Waals surface area (Å²) in [6, 6.07) is 5.20. The maximum Gasteiger partial charge on any atom is 0.387 e. The molecule has 3 aromatic rings. The van der Waals surface area contributed by atoms with Gasteiger partial charge in [0.2, 0.25) is 5.89 Å². The van der Waals surface area contributed by atoms with Crippen LogP contribution in [0.25, 0.3) is 11.5 Å². The minimum absolute atomic E-state index is 0.0445. The molecule has 0 spiro atoms. The Morgan fingerprint density at radius 3 is 2.54 bits per heavy atom. The molecule has 5 rings (SSSR count). The van der Waals surface area contributed by atoms with Crippen LogP contribution in [0.2, 0.25) is 0 Å². The smallest absolute Gasteiger partial charge is 0.387 e. The van der Waals surface area contributed by atoms with E-state index in [9.17, 15) is 27.2 Å². The van der Waals surface area contributed by atoms with Crippen LogP contribution in [0.1, 0.15) is 53.5 Å². The molecule has 218 valence electrons. The van der Waals surface area contributed by atoms with Crippen molar-refractivity contribution in [2.45, 2.75) is 50.1 Å². The van der Waals surface area contributed by atoms with Gasteiger partial charge in [0.25, 0.3) is 11.8 Å². The van der Waals surface area contributed by atoms with Crippen LogP contribution in [0, 0.1) is 17.6 Å². The topological polar surface area (TPSA) is 129 Å². The average Bonchev–Trinajstić information content (AvgIpc) is 3.88. The van der Waals surface area contributed by atoms with E-state index in [1.54, 1.807) is 0 Å². The van der Waals surface area contributed by atoms with Crippen molar-refractivity contribution >= 4 is 23.8 Å². The number of ether oxygens (including phenoxy) is 2. The fraction of sp³-hybridized carbons (Fsp3) is 0.370. The number of hydrogen-bond donors (Lipinski definition) is 3. The standard InChI is InChI=1S/C27H26F4N4O5S/c28-15-4-7-17(18(29)10-15)22(25(37)35-41-16-5-6-16)33-24(36)23-21(11-32)39-26(34-23)14-3-8-19(40-27(30)31)20(9-14)38-12-13-1-2-13/h3-4,7-10,13,16,22,27H,1-2,5-6,11-12,32H2,(H,33,36)(H,35,37). The lowest BCUT2D eigenvalue weighted by atomic mass is 10.1. The Morgan fingerprint density at radius 2 is 1.88 bits per heavy atom. The summed E-state index contributed by atoms with van der Waals surface area (Å²) in [4.78, 5) is 30.5. The number of alkyl halides is 2. The summed E-state index contributed by atoms with van der Waals surface area (Å²) in [5.41, 5.74) is 5.54. The molecule has 2 amide bonds. The zero-order valence-electron chi connectivity index (χ0n) is 21.5. The number of benzene rings is 2. The van der Waals surface area contributed by atoms with Crippen LogP contribution in [0.3, 0.4) is 0 Å². The van der Waals surface area contributed by atoms with Gasteiger partial charge in [0.1, 0.15) is 17.7 Å². The quantitative estimate of drug-likeness (QED) is 0.189. The minimum Gasteiger partial charge on any atom is -0.489 e. The van der Waals surface area contributed by atoms with Crippen LogP contribution < -0.4 is 25.2 Å². The molecule has 4 N–H and O–H groups in total. The highest BCUT2D eigenvalue weighted by molar-refractivity contribution is 7.98. The van der Waals surface area contributed by atoms with Crippen molar-refractivity contribution in [1.29, 1.82) is 0 Å². The number of halogens is 4. The number of nitrogens with zero attached hydrogens (tertiary/aromatic N) is 1. The summed E-state index contributed by atoms with van der Waals surface area (Å²) in [6.07, 6.45) is 3.78. The Kier molecular flexibility index (Phi) is 8.68. The Morgan fingerprint density at radius 1 is 1.10 bits per heavy atom. The molecule has 9 nitrogen and oxygen atoms in total. The number of nitrogens with one attached hydrogen (secondary N) is 2. The van der Waals surface area contributed by atoms with Crippen molar-refractivity contribution < 1.29 is 41.0 Å².